The van der Waals surface area contributed by atoms with Gasteiger partial charge in [-0.3, -0.25) is 10.5 Å². The molecule has 0 heterocycles. The van der Waals surface area contributed by atoms with Gasteiger partial charge in [-0.15, -0.1) is 0 Å². The van der Waals surface area contributed by atoms with Crippen molar-refractivity contribution in [2.24, 2.45) is 11.8 Å². The van der Waals surface area contributed by atoms with Crippen molar-refractivity contribution in [1.29, 1.82) is 0 Å². The number of carbonyl (C=O) groups excluding carboxylic acids is 2. The lowest BCUT2D eigenvalue weighted by Gasteiger charge is -2.34. The maximum Gasteiger partial charge on any atom is 0.339 e. The quantitative estimate of drug-likeness (QED) is 0.190. The largest absolute Gasteiger partial charge is 0.456 e. The second-order valence-corrected chi connectivity index (χ2v) is 12.8. The van der Waals surface area contributed by atoms with Gasteiger partial charge in [0, 0.05) is 0 Å². The molecule has 0 aromatic heterocycles. The topological polar surface area (TPSA) is 112 Å². The Bertz CT molecular complexity index is 1040. The normalized spacial score (nSPS) is 15.0. The summed E-state index contributed by atoms with van der Waals surface area (Å²) < 4.78 is 10.6. The predicted octanol–water partition coefficient (Wildman–Crippen LogP) is 8.01. The van der Waals surface area contributed by atoms with Crippen LogP contribution in [0.5, 0.6) is 0 Å². The van der Waals surface area contributed by atoms with Crippen LogP contribution in [-0.2, 0) is 30.5 Å². The molecule has 40 heavy (non-hydrogen) atoms. The lowest BCUT2D eigenvalue weighted by molar-refractivity contribution is -0.338. The van der Waals surface area contributed by atoms with E-state index in [0.717, 1.165) is 11.1 Å². The molecule has 0 bridgehead atoms. The Hall–Kier alpha value is -2.78. The van der Waals surface area contributed by atoms with Crippen LogP contribution < -0.4 is 0 Å². The lowest BCUT2D eigenvalue weighted by Crippen LogP contribution is -2.34. The van der Waals surface area contributed by atoms with E-state index in [2.05, 4.69) is 0 Å². The fourth-order valence-corrected chi connectivity index (χ4v) is 3.62. The van der Waals surface area contributed by atoms with Crippen molar-refractivity contribution in [3.8, 4) is 0 Å². The fraction of sp³-hybridized carbons (Fsp3) is 0.562. The first-order valence-electron chi connectivity index (χ1n) is 13.5. The van der Waals surface area contributed by atoms with Gasteiger partial charge in [0.2, 0.25) is 0 Å². The smallest absolute Gasteiger partial charge is 0.339 e. The third kappa shape index (κ3) is 9.41. The van der Waals surface area contributed by atoms with Gasteiger partial charge in [0.15, 0.2) is 0 Å². The molecular weight excluding hydrogens is 512 g/mol. The van der Waals surface area contributed by atoms with E-state index >= 15 is 0 Å². The molecular formula is C32H48O8. The van der Waals surface area contributed by atoms with Gasteiger partial charge >= 0.3 is 11.9 Å². The van der Waals surface area contributed by atoms with E-state index in [0.29, 0.717) is 0 Å². The number of benzene rings is 2. The summed E-state index contributed by atoms with van der Waals surface area (Å²) in [6, 6.07) is 14.1. The first-order valence-corrected chi connectivity index (χ1v) is 13.5. The highest BCUT2D eigenvalue weighted by Gasteiger charge is 2.36. The number of hydrogen-bond acceptors (Lipinski definition) is 8. The van der Waals surface area contributed by atoms with Crippen LogP contribution in [0.2, 0.25) is 0 Å². The number of carbonyl (C=O) groups is 2. The molecule has 2 unspecified atom stereocenters. The zero-order valence-corrected chi connectivity index (χ0v) is 26.1. The lowest BCUT2D eigenvalue weighted by atomic mass is 9.80. The van der Waals surface area contributed by atoms with Crippen LogP contribution in [-0.4, -0.2) is 33.7 Å². The molecule has 0 aliphatic rings. The molecule has 0 aliphatic heterocycles. The fourth-order valence-electron chi connectivity index (χ4n) is 3.62. The molecule has 0 spiro atoms. The molecule has 8 heteroatoms. The van der Waals surface area contributed by atoms with Gasteiger partial charge in [-0.25, -0.2) is 19.4 Å². The minimum absolute atomic E-state index is 0.0862. The summed E-state index contributed by atoms with van der Waals surface area (Å²) in [5.74, 6) is -0.885. The molecule has 8 nitrogen and oxygen atoms in total. The summed E-state index contributed by atoms with van der Waals surface area (Å²) in [4.78, 5) is 33.7. The zero-order valence-electron chi connectivity index (χ0n) is 26.1. The Morgan fingerprint density at radius 2 is 0.925 bits per heavy atom. The highest BCUT2D eigenvalue weighted by molar-refractivity contribution is 6.03. The van der Waals surface area contributed by atoms with Crippen LogP contribution >= 0.6 is 0 Å². The zero-order chi connectivity index (χ0) is 31.1. The van der Waals surface area contributed by atoms with E-state index in [-0.39, 0.29) is 23.0 Å². The van der Waals surface area contributed by atoms with Gasteiger partial charge in [0.25, 0.3) is 0 Å². The Morgan fingerprint density at radius 3 is 1.18 bits per heavy atom. The van der Waals surface area contributed by atoms with Crippen LogP contribution in [0.3, 0.4) is 0 Å². The van der Waals surface area contributed by atoms with E-state index in [4.69, 9.17) is 19.2 Å². The van der Waals surface area contributed by atoms with Crippen molar-refractivity contribution < 1.29 is 39.4 Å². The van der Waals surface area contributed by atoms with Gasteiger partial charge in [-0.05, 0) is 96.6 Å². The Kier molecular flexibility index (Phi) is 12.1. The van der Waals surface area contributed by atoms with E-state index in [1.54, 1.807) is 65.8 Å². The van der Waals surface area contributed by atoms with Crippen LogP contribution in [0, 0.1) is 11.8 Å². The molecule has 0 saturated carbocycles. The van der Waals surface area contributed by atoms with E-state index in [9.17, 15) is 20.1 Å². The van der Waals surface area contributed by atoms with E-state index in [1.807, 2.05) is 65.8 Å². The first-order chi connectivity index (χ1) is 18.2. The average Bonchev–Trinajstić information content (AvgIpc) is 2.85. The van der Waals surface area contributed by atoms with Crippen molar-refractivity contribution in [3.05, 3.63) is 70.8 Å². The van der Waals surface area contributed by atoms with Crippen molar-refractivity contribution in [1.82, 2.24) is 0 Å². The molecule has 2 rings (SSSR count). The van der Waals surface area contributed by atoms with Gasteiger partial charge in [-0.2, -0.15) is 0 Å². The predicted molar refractivity (Wildman–Crippen MR) is 155 cm³/mol. The number of rotatable bonds is 8. The minimum Gasteiger partial charge on any atom is -0.456 e. The number of hydrogen-bond donors (Lipinski definition) is 2. The van der Waals surface area contributed by atoms with Gasteiger partial charge in [0.05, 0.1) is 11.1 Å². The van der Waals surface area contributed by atoms with Crippen LogP contribution in [0.4, 0.5) is 0 Å². The molecule has 0 radical (unpaired) electrons. The third-order valence-electron chi connectivity index (χ3n) is 6.76. The summed E-state index contributed by atoms with van der Waals surface area (Å²) in [5, 5.41) is 18.6. The first kappa shape index (κ1) is 35.2. The molecule has 2 aromatic rings. The molecule has 2 aromatic carbocycles. The monoisotopic (exact) mass is 560 g/mol. The molecule has 0 saturated heterocycles. The summed E-state index contributed by atoms with van der Waals surface area (Å²) in [6.45, 7) is 22.3. The van der Waals surface area contributed by atoms with Crippen molar-refractivity contribution in [2.45, 2.75) is 105 Å². The Balaban J connectivity index is 0.000000400. The van der Waals surface area contributed by atoms with Crippen LogP contribution in [0.25, 0.3) is 0 Å². The molecule has 2 N–H and O–H groups in total. The summed E-state index contributed by atoms with van der Waals surface area (Å²) in [6.07, 6.45) is 0. The highest BCUT2D eigenvalue weighted by Crippen LogP contribution is 2.37. The summed E-state index contributed by atoms with van der Waals surface area (Å²) in [7, 11) is 0. The van der Waals surface area contributed by atoms with E-state index < -0.39 is 34.3 Å². The second-order valence-electron chi connectivity index (χ2n) is 12.8. The number of ether oxygens (including phenoxy) is 2. The van der Waals surface area contributed by atoms with Crippen LogP contribution in [0.15, 0.2) is 48.5 Å². The molecule has 2 atom stereocenters. The van der Waals surface area contributed by atoms with Crippen molar-refractivity contribution >= 4 is 11.9 Å². The standard InChI is InChI=1S/C16H26O4.C16H22O4/c1-11(2)15(5,19-17)13-8-7-9-14(10-13)16(6,20-18)12(3)4;1-15(2,3)19-13(17)11-9-7-8-10-12(11)14(18)20-16(4,5)6/h7-12,17-18H,1-6H3;7-10H,1-6H3. The SMILES string of the molecule is CC(C)(C)OC(=O)c1ccccc1C(=O)OC(C)(C)C.CC(C)C(C)(OO)c1cccc(C(C)(OO)C(C)C)c1. The maximum atomic E-state index is 12.1. The summed E-state index contributed by atoms with van der Waals surface area (Å²) in [5.41, 5.74) is -0.704. The average molecular weight is 561 g/mol. The van der Waals surface area contributed by atoms with Crippen LogP contribution in [0.1, 0.15) is 115 Å². The molecule has 0 amide bonds. The second kappa shape index (κ2) is 13.7. The van der Waals surface area contributed by atoms with Crippen molar-refractivity contribution in [2.75, 3.05) is 0 Å². The Morgan fingerprint density at radius 1 is 0.600 bits per heavy atom. The summed E-state index contributed by atoms with van der Waals surface area (Å²) >= 11 is 0. The number of esters is 2. The Labute approximate surface area is 239 Å². The van der Waals surface area contributed by atoms with Gasteiger partial charge in [0.1, 0.15) is 22.4 Å². The molecule has 224 valence electrons. The van der Waals surface area contributed by atoms with Crippen molar-refractivity contribution in [3.63, 3.8) is 0 Å². The molecule has 0 aliphatic carbocycles. The molecule has 0 fully saturated rings. The highest BCUT2D eigenvalue weighted by atomic mass is 17.1. The van der Waals surface area contributed by atoms with E-state index in [1.165, 1.54) is 0 Å². The van der Waals surface area contributed by atoms with Gasteiger partial charge in [-0.1, -0.05) is 58.0 Å². The minimum atomic E-state index is -0.802. The third-order valence-corrected chi connectivity index (χ3v) is 6.76. The maximum absolute atomic E-state index is 12.1. The van der Waals surface area contributed by atoms with Gasteiger partial charge < -0.3 is 9.47 Å².